The lowest BCUT2D eigenvalue weighted by molar-refractivity contribution is 0.0975. The summed E-state index contributed by atoms with van der Waals surface area (Å²) in [6.45, 7) is 0.287. The lowest BCUT2D eigenvalue weighted by atomic mass is 9.99. The van der Waals surface area contributed by atoms with Crippen LogP contribution < -0.4 is 24.4 Å². The van der Waals surface area contributed by atoms with Crippen molar-refractivity contribution in [3.63, 3.8) is 0 Å². The highest BCUT2D eigenvalue weighted by Crippen LogP contribution is 2.40. The minimum Gasteiger partial charge on any atom is -0.497 e. The van der Waals surface area contributed by atoms with E-state index in [-0.39, 0.29) is 12.5 Å². The number of methoxy groups -OCH3 is 2. The number of hydrogen-bond acceptors (Lipinski definition) is 5. The third-order valence-corrected chi connectivity index (χ3v) is 7.01. The van der Waals surface area contributed by atoms with Crippen molar-refractivity contribution in [2.45, 2.75) is 12.8 Å². The van der Waals surface area contributed by atoms with Crippen LogP contribution in [0.5, 0.6) is 17.2 Å². The van der Waals surface area contributed by atoms with E-state index >= 15 is 0 Å². The van der Waals surface area contributed by atoms with Gasteiger partial charge >= 0.3 is 0 Å². The largest absolute Gasteiger partial charge is 0.497 e. The fourth-order valence-electron chi connectivity index (χ4n) is 5.09. The van der Waals surface area contributed by atoms with Crippen LogP contribution in [-0.2, 0) is 6.61 Å². The molecule has 39 heavy (non-hydrogen) atoms. The maximum atomic E-state index is 14.0. The van der Waals surface area contributed by atoms with Crippen LogP contribution in [0.2, 0.25) is 0 Å². The smallest absolute Gasteiger partial charge is 0.262 e. The van der Waals surface area contributed by atoms with Crippen molar-refractivity contribution in [3.05, 3.63) is 126 Å². The zero-order chi connectivity index (χ0) is 26.8. The maximum Gasteiger partial charge on any atom is 0.262 e. The quantitative estimate of drug-likeness (QED) is 0.248. The number of ether oxygens (including phenoxy) is 3. The Balaban J connectivity index is 1.42. The normalized spacial score (nSPS) is 14.5. The molecule has 1 N–H and O–H groups in total. The SMILES string of the molecule is COc1cccc(OCc2cc([C@@H]3Nc4ccccc4C(=O)N3c3cccc4ccccc34)ccc2OC)c1. The molecule has 1 aliphatic rings. The van der Waals surface area contributed by atoms with Crippen LogP contribution in [0.4, 0.5) is 11.4 Å². The number of rotatable bonds is 7. The van der Waals surface area contributed by atoms with E-state index in [0.717, 1.165) is 39.0 Å². The van der Waals surface area contributed by atoms with Crippen molar-refractivity contribution < 1.29 is 19.0 Å². The van der Waals surface area contributed by atoms with Crippen LogP contribution in [0.3, 0.4) is 0 Å². The highest BCUT2D eigenvalue weighted by molar-refractivity contribution is 6.15. The van der Waals surface area contributed by atoms with E-state index in [4.69, 9.17) is 14.2 Å². The van der Waals surface area contributed by atoms with Gasteiger partial charge in [-0.1, -0.05) is 60.7 Å². The summed E-state index contributed by atoms with van der Waals surface area (Å²) in [5.41, 5.74) is 4.06. The molecule has 0 unspecified atom stereocenters. The number of carbonyl (C=O) groups excluding carboxylic acids is 1. The number of benzene rings is 5. The molecule has 0 aromatic heterocycles. The Morgan fingerprint density at radius 1 is 0.769 bits per heavy atom. The number of fused-ring (bicyclic) bond motifs is 2. The molecule has 0 bridgehead atoms. The average Bonchev–Trinajstić information content (AvgIpc) is 3.00. The molecule has 194 valence electrons. The summed E-state index contributed by atoms with van der Waals surface area (Å²) in [6.07, 6.45) is -0.445. The standard InChI is InChI=1S/C33H28N2O4/c1-37-25-11-8-12-26(20-25)39-21-24-19-23(17-18-31(24)38-2)32-34-29-15-6-5-14-28(29)33(36)35(32)30-16-7-10-22-9-3-4-13-27(22)30/h3-20,32,34H,21H2,1-2H3/t32-/m1/s1. The molecule has 1 atom stereocenters. The van der Waals surface area contributed by atoms with Gasteiger partial charge in [-0.15, -0.1) is 0 Å². The fraction of sp³-hybridized carbons (Fsp3) is 0.121. The van der Waals surface area contributed by atoms with Gasteiger partial charge in [0.1, 0.15) is 30.0 Å². The Labute approximate surface area is 227 Å². The van der Waals surface area contributed by atoms with Crippen LogP contribution in [-0.4, -0.2) is 20.1 Å². The first-order valence-corrected chi connectivity index (χ1v) is 12.8. The van der Waals surface area contributed by atoms with Crippen LogP contribution in [0.1, 0.15) is 27.7 Å². The van der Waals surface area contributed by atoms with Crippen molar-refractivity contribution in [2.75, 3.05) is 24.4 Å². The highest BCUT2D eigenvalue weighted by atomic mass is 16.5. The minimum atomic E-state index is -0.445. The Morgan fingerprint density at radius 3 is 2.41 bits per heavy atom. The van der Waals surface area contributed by atoms with Crippen LogP contribution in [0.25, 0.3) is 10.8 Å². The molecule has 5 aromatic carbocycles. The lowest BCUT2D eigenvalue weighted by Gasteiger charge is -2.39. The Bertz CT molecular complexity index is 1660. The van der Waals surface area contributed by atoms with Crippen LogP contribution in [0, 0.1) is 0 Å². The van der Waals surface area contributed by atoms with Gasteiger partial charge in [-0.05, 0) is 53.4 Å². The van der Waals surface area contributed by atoms with Crippen molar-refractivity contribution >= 4 is 28.1 Å². The zero-order valence-electron chi connectivity index (χ0n) is 21.8. The van der Waals surface area contributed by atoms with Crippen LogP contribution in [0.15, 0.2) is 109 Å². The van der Waals surface area contributed by atoms with E-state index in [1.807, 2.05) is 95.9 Å². The number of anilines is 2. The number of nitrogens with one attached hydrogen (secondary N) is 1. The molecule has 0 radical (unpaired) electrons. The zero-order valence-corrected chi connectivity index (χ0v) is 21.8. The van der Waals surface area contributed by atoms with Crippen molar-refractivity contribution in [1.29, 1.82) is 0 Å². The van der Waals surface area contributed by atoms with E-state index in [0.29, 0.717) is 17.1 Å². The maximum absolute atomic E-state index is 14.0. The van der Waals surface area contributed by atoms with E-state index < -0.39 is 6.17 Å². The predicted molar refractivity (Wildman–Crippen MR) is 154 cm³/mol. The molecule has 0 saturated carbocycles. The van der Waals surface area contributed by atoms with Gasteiger partial charge in [-0.3, -0.25) is 9.69 Å². The molecule has 0 aliphatic carbocycles. The molecule has 0 saturated heterocycles. The fourth-order valence-corrected chi connectivity index (χ4v) is 5.09. The van der Waals surface area contributed by atoms with E-state index in [1.54, 1.807) is 14.2 Å². The monoisotopic (exact) mass is 516 g/mol. The lowest BCUT2D eigenvalue weighted by Crippen LogP contribution is -2.43. The molecule has 5 aromatic rings. The summed E-state index contributed by atoms with van der Waals surface area (Å²) in [6, 6.07) is 35.2. The van der Waals surface area contributed by atoms with E-state index in [2.05, 4.69) is 23.5 Å². The molecule has 6 rings (SSSR count). The molecular weight excluding hydrogens is 488 g/mol. The van der Waals surface area contributed by atoms with Gasteiger partial charge in [-0.2, -0.15) is 0 Å². The molecule has 1 amide bonds. The number of para-hydroxylation sites is 1. The van der Waals surface area contributed by atoms with Gasteiger partial charge in [0.2, 0.25) is 0 Å². The number of carbonyl (C=O) groups is 1. The summed E-state index contributed by atoms with van der Waals surface area (Å²) < 4.78 is 17.1. The molecule has 1 heterocycles. The van der Waals surface area contributed by atoms with Gasteiger partial charge in [0.05, 0.1) is 25.5 Å². The second kappa shape index (κ2) is 10.4. The third kappa shape index (κ3) is 4.61. The molecule has 6 heteroatoms. The number of hydrogen-bond donors (Lipinski definition) is 1. The van der Waals surface area contributed by atoms with Gasteiger partial charge in [-0.25, -0.2) is 0 Å². The van der Waals surface area contributed by atoms with Crippen molar-refractivity contribution in [1.82, 2.24) is 0 Å². The Hall–Kier alpha value is -4.97. The molecule has 1 aliphatic heterocycles. The molecule has 0 fully saturated rings. The van der Waals surface area contributed by atoms with Gasteiger partial charge in [0.15, 0.2) is 0 Å². The third-order valence-electron chi connectivity index (χ3n) is 7.01. The van der Waals surface area contributed by atoms with Crippen LogP contribution >= 0.6 is 0 Å². The van der Waals surface area contributed by atoms with Crippen molar-refractivity contribution in [2.24, 2.45) is 0 Å². The summed E-state index contributed by atoms with van der Waals surface area (Å²) in [4.78, 5) is 15.9. The average molecular weight is 517 g/mol. The highest BCUT2D eigenvalue weighted by Gasteiger charge is 2.35. The first-order chi connectivity index (χ1) is 19.2. The topological polar surface area (TPSA) is 60.0 Å². The second-order valence-electron chi connectivity index (χ2n) is 9.30. The number of nitrogens with zero attached hydrogens (tertiary/aromatic N) is 1. The number of amides is 1. The minimum absolute atomic E-state index is 0.0595. The Morgan fingerprint density at radius 2 is 1.54 bits per heavy atom. The summed E-state index contributed by atoms with van der Waals surface area (Å²) in [5.74, 6) is 2.07. The molecule has 0 spiro atoms. The summed E-state index contributed by atoms with van der Waals surface area (Å²) in [5, 5.41) is 5.70. The Kier molecular flexibility index (Phi) is 6.51. The van der Waals surface area contributed by atoms with Crippen molar-refractivity contribution in [3.8, 4) is 17.2 Å². The predicted octanol–water partition coefficient (Wildman–Crippen LogP) is 7.21. The van der Waals surface area contributed by atoms with E-state index in [1.165, 1.54) is 0 Å². The van der Waals surface area contributed by atoms with Gasteiger partial charge in [0, 0.05) is 22.7 Å². The van der Waals surface area contributed by atoms with Gasteiger partial charge < -0.3 is 19.5 Å². The van der Waals surface area contributed by atoms with E-state index in [9.17, 15) is 4.79 Å². The second-order valence-corrected chi connectivity index (χ2v) is 9.30. The summed E-state index contributed by atoms with van der Waals surface area (Å²) in [7, 11) is 3.27. The molecular formula is C33H28N2O4. The van der Waals surface area contributed by atoms with Gasteiger partial charge in [0.25, 0.3) is 5.91 Å². The molecule has 6 nitrogen and oxygen atoms in total. The summed E-state index contributed by atoms with van der Waals surface area (Å²) >= 11 is 0. The first-order valence-electron chi connectivity index (χ1n) is 12.8. The first kappa shape index (κ1) is 24.4.